The molecule has 0 radical (unpaired) electrons. The number of sulfonamides is 1. The van der Waals surface area contributed by atoms with Crippen LogP contribution in [0, 0.1) is 11.3 Å². The molecule has 0 fully saturated rings. The summed E-state index contributed by atoms with van der Waals surface area (Å²) in [6.45, 7) is -0.00601. The van der Waals surface area contributed by atoms with E-state index in [-0.39, 0.29) is 24.6 Å². The smallest absolute Gasteiger partial charge is 0.224 e. The Bertz CT molecular complexity index is 558. The second kappa shape index (κ2) is 6.14. The maximum atomic E-state index is 11.4. The number of rotatable bonds is 5. The summed E-state index contributed by atoms with van der Waals surface area (Å²) in [6, 6.07) is 8.57. The predicted octanol–water partition coefficient (Wildman–Crippen LogP) is -0.495. The Morgan fingerprint density at radius 3 is 2.44 bits per heavy atom. The van der Waals surface area contributed by atoms with E-state index in [0.29, 0.717) is 5.56 Å². The molecular formula is C11H13N3O3S. The summed E-state index contributed by atoms with van der Waals surface area (Å²) in [5.74, 6) is -0.574. The first-order chi connectivity index (χ1) is 8.40. The molecular weight excluding hydrogens is 254 g/mol. The summed E-state index contributed by atoms with van der Waals surface area (Å²) in [4.78, 5) is 11.4. The van der Waals surface area contributed by atoms with Gasteiger partial charge in [-0.25, -0.2) is 13.6 Å². The molecule has 1 aromatic carbocycles. The summed E-state index contributed by atoms with van der Waals surface area (Å²) in [6.07, 6.45) is 0.135. The zero-order valence-corrected chi connectivity index (χ0v) is 10.4. The Morgan fingerprint density at radius 1 is 1.33 bits per heavy atom. The van der Waals surface area contributed by atoms with Gasteiger partial charge in [0.1, 0.15) is 0 Å². The van der Waals surface area contributed by atoms with E-state index in [1.807, 2.05) is 6.07 Å². The van der Waals surface area contributed by atoms with Crippen LogP contribution in [0.15, 0.2) is 24.3 Å². The molecule has 6 nitrogen and oxygen atoms in total. The number of carbonyl (C=O) groups is 1. The first-order valence-electron chi connectivity index (χ1n) is 5.17. The number of amides is 1. The number of hydrogen-bond acceptors (Lipinski definition) is 4. The van der Waals surface area contributed by atoms with E-state index in [1.54, 1.807) is 24.3 Å². The lowest BCUT2D eigenvalue weighted by molar-refractivity contribution is -0.120. The second-order valence-corrected chi connectivity index (χ2v) is 5.44. The highest BCUT2D eigenvalue weighted by atomic mass is 32.2. The third-order valence-electron chi connectivity index (χ3n) is 2.16. The van der Waals surface area contributed by atoms with Gasteiger partial charge in [0.05, 0.1) is 23.8 Å². The van der Waals surface area contributed by atoms with Crippen molar-refractivity contribution < 1.29 is 13.2 Å². The molecule has 0 aliphatic rings. The van der Waals surface area contributed by atoms with Crippen molar-refractivity contribution >= 4 is 15.9 Å². The van der Waals surface area contributed by atoms with Gasteiger partial charge in [-0.1, -0.05) is 12.1 Å². The van der Waals surface area contributed by atoms with Gasteiger partial charge in [-0.3, -0.25) is 4.79 Å². The topological polar surface area (TPSA) is 113 Å². The Labute approximate surface area is 105 Å². The van der Waals surface area contributed by atoms with Crippen LogP contribution in [0.4, 0.5) is 0 Å². The first-order valence-corrected chi connectivity index (χ1v) is 6.88. The third kappa shape index (κ3) is 5.43. The normalized spacial score (nSPS) is 10.7. The van der Waals surface area contributed by atoms with E-state index in [1.165, 1.54) is 0 Å². The van der Waals surface area contributed by atoms with Gasteiger partial charge < -0.3 is 5.32 Å². The van der Waals surface area contributed by atoms with Gasteiger partial charge in [-0.2, -0.15) is 5.26 Å². The minimum absolute atomic E-state index is 0.00601. The van der Waals surface area contributed by atoms with Crippen LogP contribution < -0.4 is 10.5 Å². The first kappa shape index (κ1) is 14.2. The minimum Gasteiger partial charge on any atom is -0.355 e. The van der Waals surface area contributed by atoms with E-state index in [0.717, 1.165) is 5.56 Å². The minimum atomic E-state index is -3.55. The standard InChI is InChI=1S/C11H13N3O3S/c12-8-10-3-1-9(2-4-10)7-11(15)14-5-6-18(13,16)17/h1-4H,5-7H2,(H,14,15)(H2,13,16,17). The fourth-order valence-electron chi connectivity index (χ4n) is 1.28. The van der Waals surface area contributed by atoms with Crippen molar-refractivity contribution in [3.8, 4) is 6.07 Å². The van der Waals surface area contributed by atoms with Crippen LogP contribution in [0.1, 0.15) is 11.1 Å². The lowest BCUT2D eigenvalue weighted by Crippen LogP contribution is -2.32. The number of carbonyl (C=O) groups excluding carboxylic acids is 1. The molecule has 18 heavy (non-hydrogen) atoms. The molecule has 0 unspecified atom stereocenters. The van der Waals surface area contributed by atoms with Gasteiger partial charge in [0.15, 0.2) is 0 Å². The van der Waals surface area contributed by atoms with E-state index in [2.05, 4.69) is 5.32 Å². The second-order valence-electron chi connectivity index (χ2n) is 3.70. The van der Waals surface area contributed by atoms with E-state index in [4.69, 9.17) is 10.4 Å². The third-order valence-corrected chi connectivity index (χ3v) is 2.93. The van der Waals surface area contributed by atoms with Crippen molar-refractivity contribution in [2.24, 2.45) is 5.14 Å². The van der Waals surface area contributed by atoms with Gasteiger partial charge in [-0.15, -0.1) is 0 Å². The summed E-state index contributed by atoms with van der Waals surface area (Å²) >= 11 is 0. The molecule has 96 valence electrons. The van der Waals surface area contributed by atoms with Gasteiger partial charge in [0.25, 0.3) is 0 Å². The zero-order valence-electron chi connectivity index (χ0n) is 9.59. The lowest BCUT2D eigenvalue weighted by Gasteiger charge is -2.04. The zero-order chi connectivity index (χ0) is 13.6. The Morgan fingerprint density at radius 2 is 1.94 bits per heavy atom. The van der Waals surface area contributed by atoms with Crippen LogP contribution in [0.3, 0.4) is 0 Å². The SMILES string of the molecule is N#Cc1ccc(CC(=O)NCCS(N)(=O)=O)cc1. The van der Waals surface area contributed by atoms with Crippen molar-refractivity contribution in [2.75, 3.05) is 12.3 Å². The van der Waals surface area contributed by atoms with Crippen molar-refractivity contribution in [3.63, 3.8) is 0 Å². The van der Waals surface area contributed by atoms with Crippen molar-refractivity contribution in [1.82, 2.24) is 5.32 Å². The maximum Gasteiger partial charge on any atom is 0.224 e. The van der Waals surface area contributed by atoms with E-state index in [9.17, 15) is 13.2 Å². The molecule has 0 aromatic heterocycles. The summed E-state index contributed by atoms with van der Waals surface area (Å²) in [5, 5.41) is 15.9. The number of nitrogens with one attached hydrogen (secondary N) is 1. The summed E-state index contributed by atoms with van der Waals surface area (Å²) in [7, 11) is -3.55. The largest absolute Gasteiger partial charge is 0.355 e. The highest BCUT2D eigenvalue weighted by molar-refractivity contribution is 7.89. The molecule has 1 aromatic rings. The molecule has 0 saturated carbocycles. The molecule has 7 heteroatoms. The monoisotopic (exact) mass is 267 g/mol. The molecule has 0 heterocycles. The average molecular weight is 267 g/mol. The lowest BCUT2D eigenvalue weighted by atomic mass is 10.1. The molecule has 1 amide bonds. The van der Waals surface area contributed by atoms with Crippen molar-refractivity contribution in [2.45, 2.75) is 6.42 Å². The number of primary sulfonamides is 1. The van der Waals surface area contributed by atoms with Gasteiger partial charge in [0, 0.05) is 6.54 Å². The number of benzene rings is 1. The fourth-order valence-corrected chi connectivity index (χ4v) is 1.66. The molecule has 0 atom stereocenters. The molecule has 0 saturated heterocycles. The van der Waals surface area contributed by atoms with E-state index >= 15 is 0 Å². The maximum absolute atomic E-state index is 11.4. The number of nitrogens with two attached hydrogens (primary N) is 1. The number of nitrogens with zero attached hydrogens (tertiary/aromatic N) is 1. The molecule has 0 bridgehead atoms. The van der Waals surface area contributed by atoms with Crippen LogP contribution in [0.25, 0.3) is 0 Å². The summed E-state index contributed by atoms with van der Waals surface area (Å²) in [5.41, 5.74) is 1.27. The van der Waals surface area contributed by atoms with Gasteiger partial charge in [-0.05, 0) is 17.7 Å². The highest BCUT2D eigenvalue weighted by Crippen LogP contribution is 2.03. The average Bonchev–Trinajstić information content (AvgIpc) is 2.28. The van der Waals surface area contributed by atoms with E-state index < -0.39 is 10.0 Å². The molecule has 3 N–H and O–H groups in total. The van der Waals surface area contributed by atoms with Crippen LogP contribution in [-0.2, 0) is 21.2 Å². The van der Waals surface area contributed by atoms with Crippen molar-refractivity contribution in [3.05, 3.63) is 35.4 Å². The fraction of sp³-hybridized carbons (Fsp3) is 0.273. The molecule has 0 aliphatic carbocycles. The van der Waals surface area contributed by atoms with Crippen LogP contribution in [-0.4, -0.2) is 26.6 Å². The molecule has 0 aliphatic heterocycles. The molecule has 1 rings (SSSR count). The van der Waals surface area contributed by atoms with Crippen LogP contribution in [0.5, 0.6) is 0 Å². The predicted molar refractivity (Wildman–Crippen MR) is 65.8 cm³/mol. The van der Waals surface area contributed by atoms with Crippen LogP contribution in [0.2, 0.25) is 0 Å². The van der Waals surface area contributed by atoms with Crippen LogP contribution >= 0.6 is 0 Å². The van der Waals surface area contributed by atoms with Crippen molar-refractivity contribution in [1.29, 1.82) is 5.26 Å². The molecule has 0 spiro atoms. The van der Waals surface area contributed by atoms with Gasteiger partial charge in [0.2, 0.25) is 15.9 Å². The highest BCUT2D eigenvalue weighted by Gasteiger charge is 2.06. The van der Waals surface area contributed by atoms with Gasteiger partial charge >= 0.3 is 0 Å². The summed E-state index contributed by atoms with van der Waals surface area (Å²) < 4.78 is 21.3. The number of nitriles is 1. The Balaban J connectivity index is 2.42. The quantitative estimate of drug-likeness (QED) is 0.749. The Hall–Kier alpha value is -1.91. The Kier molecular flexibility index (Phi) is 4.83. The number of hydrogen-bond donors (Lipinski definition) is 2.